The SMILES string of the molecule is CCSC(=S)SCC(C)C(=O)O. The van der Waals surface area contributed by atoms with Gasteiger partial charge in [-0.25, -0.2) is 0 Å². The van der Waals surface area contributed by atoms with Crippen LogP contribution in [-0.2, 0) is 4.79 Å². The van der Waals surface area contributed by atoms with E-state index in [9.17, 15) is 4.79 Å². The molecule has 0 aliphatic rings. The molecular formula is C7H12O2S3. The molecule has 1 atom stereocenters. The predicted molar refractivity (Wildman–Crippen MR) is 60.0 cm³/mol. The minimum Gasteiger partial charge on any atom is -0.481 e. The molecule has 5 heteroatoms. The van der Waals surface area contributed by atoms with Crippen molar-refractivity contribution in [3.8, 4) is 0 Å². The molecular weight excluding hydrogens is 212 g/mol. The summed E-state index contributed by atoms with van der Waals surface area (Å²) < 4.78 is 0.839. The molecule has 2 nitrogen and oxygen atoms in total. The highest BCUT2D eigenvalue weighted by molar-refractivity contribution is 8.47. The summed E-state index contributed by atoms with van der Waals surface area (Å²) >= 11 is 8.03. The zero-order valence-electron chi connectivity index (χ0n) is 7.07. The first-order valence-corrected chi connectivity index (χ1v) is 5.98. The first kappa shape index (κ1) is 12.3. The van der Waals surface area contributed by atoms with E-state index in [1.54, 1.807) is 18.7 Å². The summed E-state index contributed by atoms with van der Waals surface area (Å²) in [5.74, 6) is 0.450. The fourth-order valence-corrected chi connectivity index (χ4v) is 2.64. The van der Waals surface area contributed by atoms with E-state index in [2.05, 4.69) is 0 Å². The van der Waals surface area contributed by atoms with Crippen molar-refractivity contribution in [2.75, 3.05) is 11.5 Å². The molecule has 0 bridgehead atoms. The van der Waals surface area contributed by atoms with Crippen molar-refractivity contribution in [2.24, 2.45) is 5.92 Å². The van der Waals surface area contributed by atoms with Crippen LogP contribution >= 0.6 is 35.7 Å². The summed E-state index contributed by atoms with van der Waals surface area (Å²) in [4.78, 5) is 10.4. The Morgan fingerprint density at radius 1 is 1.58 bits per heavy atom. The van der Waals surface area contributed by atoms with Gasteiger partial charge >= 0.3 is 5.97 Å². The predicted octanol–water partition coefficient (Wildman–Crippen LogP) is 2.48. The molecule has 0 heterocycles. The van der Waals surface area contributed by atoms with E-state index >= 15 is 0 Å². The van der Waals surface area contributed by atoms with Crippen molar-refractivity contribution in [3.63, 3.8) is 0 Å². The van der Waals surface area contributed by atoms with Crippen LogP contribution in [0, 0.1) is 5.92 Å². The summed E-state index contributed by atoms with van der Waals surface area (Å²) in [5, 5.41) is 8.56. The first-order valence-electron chi connectivity index (χ1n) is 3.60. The maximum absolute atomic E-state index is 10.4. The summed E-state index contributed by atoms with van der Waals surface area (Å²) in [7, 11) is 0. The molecule has 0 saturated carbocycles. The van der Waals surface area contributed by atoms with Gasteiger partial charge in [0.25, 0.3) is 0 Å². The fraction of sp³-hybridized carbons (Fsp3) is 0.714. The highest BCUT2D eigenvalue weighted by Gasteiger charge is 2.11. The third-order valence-corrected chi connectivity index (χ3v) is 3.98. The Labute approximate surface area is 86.5 Å². The maximum atomic E-state index is 10.4. The van der Waals surface area contributed by atoms with Crippen molar-refractivity contribution < 1.29 is 9.90 Å². The molecule has 0 aliphatic heterocycles. The highest BCUT2D eigenvalue weighted by atomic mass is 32.2. The number of hydrogen-bond acceptors (Lipinski definition) is 4. The molecule has 0 aliphatic carbocycles. The zero-order chi connectivity index (χ0) is 9.56. The highest BCUT2D eigenvalue weighted by Crippen LogP contribution is 2.19. The summed E-state index contributed by atoms with van der Waals surface area (Å²) in [6.07, 6.45) is 0. The smallest absolute Gasteiger partial charge is 0.307 e. The second-order valence-electron chi connectivity index (χ2n) is 2.23. The average Bonchev–Trinajstić information content (AvgIpc) is 2.00. The molecule has 0 aromatic rings. The molecule has 1 N–H and O–H groups in total. The summed E-state index contributed by atoms with van der Waals surface area (Å²) in [6, 6.07) is 0. The number of carbonyl (C=O) groups is 1. The number of hydrogen-bond donors (Lipinski definition) is 1. The van der Waals surface area contributed by atoms with Crippen LogP contribution < -0.4 is 0 Å². The van der Waals surface area contributed by atoms with Gasteiger partial charge in [0.1, 0.15) is 3.53 Å². The van der Waals surface area contributed by atoms with Crippen LogP contribution in [0.3, 0.4) is 0 Å². The molecule has 0 amide bonds. The molecule has 0 radical (unpaired) electrons. The molecule has 1 unspecified atom stereocenters. The minimum atomic E-state index is -0.758. The number of thiocarbonyl (C=S) groups is 1. The molecule has 12 heavy (non-hydrogen) atoms. The van der Waals surface area contributed by atoms with Gasteiger partial charge in [-0.2, -0.15) is 0 Å². The molecule has 70 valence electrons. The summed E-state index contributed by atoms with van der Waals surface area (Å²) in [6.45, 7) is 3.71. The van der Waals surface area contributed by atoms with Gasteiger partial charge in [0.2, 0.25) is 0 Å². The van der Waals surface area contributed by atoms with Crippen molar-refractivity contribution in [1.29, 1.82) is 0 Å². The van der Waals surface area contributed by atoms with Crippen molar-refractivity contribution >= 4 is 45.2 Å². The van der Waals surface area contributed by atoms with Crippen LogP contribution in [0.4, 0.5) is 0 Å². The van der Waals surface area contributed by atoms with Crippen molar-refractivity contribution in [1.82, 2.24) is 0 Å². The second-order valence-corrected chi connectivity index (χ2v) is 5.72. The van der Waals surface area contributed by atoms with Crippen LogP contribution in [0.25, 0.3) is 0 Å². The van der Waals surface area contributed by atoms with Crippen LogP contribution in [0.15, 0.2) is 0 Å². The Bertz CT molecular complexity index is 170. The van der Waals surface area contributed by atoms with Gasteiger partial charge in [0, 0.05) is 5.75 Å². The van der Waals surface area contributed by atoms with Crippen LogP contribution in [0.2, 0.25) is 0 Å². The molecule has 0 saturated heterocycles. The lowest BCUT2D eigenvalue weighted by Gasteiger charge is -2.04. The summed E-state index contributed by atoms with van der Waals surface area (Å²) in [5.41, 5.74) is 0. The lowest BCUT2D eigenvalue weighted by molar-refractivity contribution is -0.140. The Hall–Kier alpha value is 0.260. The Morgan fingerprint density at radius 3 is 2.58 bits per heavy atom. The third-order valence-electron chi connectivity index (χ3n) is 1.13. The second kappa shape index (κ2) is 6.74. The first-order chi connectivity index (χ1) is 5.57. The Balaban J connectivity index is 3.54. The quantitative estimate of drug-likeness (QED) is 0.743. The van der Waals surface area contributed by atoms with E-state index < -0.39 is 5.97 Å². The van der Waals surface area contributed by atoms with Gasteiger partial charge in [-0.15, -0.1) is 23.5 Å². The number of thioether (sulfide) groups is 2. The zero-order valence-corrected chi connectivity index (χ0v) is 9.52. The lowest BCUT2D eigenvalue weighted by atomic mass is 10.2. The van der Waals surface area contributed by atoms with Gasteiger partial charge in [0.05, 0.1) is 5.92 Å². The van der Waals surface area contributed by atoms with Crippen LogP contribution in [-0.4, -0.2) is 26.1 Å². The fourth-order valence-electron chi connectivity index (χ4n) is 0.424. The number of rotatable bonds is 4. The van der Waals surface area contributed by atoms with Gasteiger partial charge in [-0.3, -0.25) is 4.79 Å². The molecule has 0 rings (SSSR count). The van der Waals surface area contributed by atoms with Gasteiger partial charge in [-0.1, -0.05) is 26.1 Å². The molecule has 0 fully saturated rings. The topological polar surface area (TPSA) is 37.3 Å². The minimum absolute atomic E-state index is 0.314. The normalized spacial score (nSPS) is 12.5. The third kappa shape index (κ3) is 5.85. The van der Waals surface area contributed by atoms with E-state index in [1.807, 2.05) is 6.92 Å². The monoisotopic (exact) mass is 224 g/mol. The van der Waals surface area contributed by atoms with E-state index in [0.717, 1.165) is 9.28 Å². The number of carboxylic acid groups (broad SMARTS) is 1. The lowest BCUT2D eigenvalue weighted by Crippen LogP contribution is -2.12. The average molecular weight is 224 g/mol. The van der Waals surface area contributed by atoms with Crippen molar-refractivity contribution in [2.45, 2.75) is 13.8 Å². The Kier molecular flexibility index (Phi) is 6.89. The molecule has 0 spiro atoms. The van der Waals surface area contributed by atoms with E-state index in [4.69, 9.17) is 17.3 Å². The van der Waals surface area contributed by atoms with Crippen LogP contribution in [0.5, 0.6) is 0 Å². The molecule has 0 aromatic carbocycles. The van der Waals surface area contributed by atoms with Gasteiger partial charge in [0.15, 0.2) is 0 Å². The van der Waals surface area contributed by atoms with E-state index in [0.29, 0.717) is 5.75 Å². The largest absolute Gasteiger partial charge is 0.481 e. The van der Waals surface area contributed by atoms with Gasteiger partial charge in [-0.05, 0) is 5.75 Å². The number of carboxylic acids is 1. The van der Waals surface area contributed by atoms with E-state index in [-0.39, 0.29) is 5.92 Å². The standard InChI is InChI=1S/C7H12O2S3/c1-3-11-7(10)12-4-5(2)6(8)9/h5H,3-4H2,1-2H3,(H,8,9). The maximum Gasteiger partial charge on any atom is 0.307 e. The van der Waals surface area contributed by atoms with Crippen molar-refractivity contribution in [3.05, 3.63) is 0 Å². The molecule has 0 aromatic heterocycles. The van der Waals surface area contributed by atoms with Crippen LogP contribution in [0.1, 0.15) is 13.8 Å². The Morgan fingerprint density at radius 2 is 2.17 bits per heavy atom. The van der Waals surface area contributed by atoms with E-state index in [1.165, 1.54) is 11.8 Å². The number of aliphatic carboxylic acids is 1. The van der Waals surface area contributed by atoms with Gasteiger partial charge < -0.3 is 5.11 Å².